The van der Waals surface area contributed by atoms with Gasteiger partial charge in [-0.1, -0.05) is 11.6 Å². The third-order valence-electron chi connectivity index (χ3n) is 4.60. The molecule has 8 heteroatoms. The van der Waals surface area contributed by atoms with E-state index in [0.29, 0.717) is 17.1 Å². The minimum Gasteiger partial charge on any atom is -0.313 e. The van der Waals surface area contributed by atoms with Gasteiger partial charge in [0.1, 0.15) is 0 Å². The van der Waals surface area contributed by atoms with Crippen molar-refractivity contribution in [2.75, 3.05) is 5.32 Å². The maximum absolute atomic E-state index is 12.8. The van der Waals surface area contributed by atoms with Crippen molar-refractivity contribution in [1.82, 2.24) is 15.1 Å². The van der Waals surface area contributed by atoms with E-state index in [1.54, 1.807) is 24.3 Å². The first kappa shape index (κ1) is 15.7. The molecule has 0 spiro atoms. The van der Waals surface area contributed by atoms with Gasteiger partial charge >= 0.3 is 6.03 Å². The smallest absolute Gasteiger partial charge is 0.313 e. The van der Waals surface area contributed by atoms with Gasteiger partial charge in [-0.05, 0) is 59.0 Å². The van der Waals surface area contributed by atoms with Gasteiger partial charge in [0.2, 0.25) is 0 Å². The molecule has 2 atom stereocenters. The Labute approximate surface area is 151 Å². The highest BCUT2D eigenvalue weighted by atomic mass is 79.9. The van der Waals surface area contributed by atoms with E-state index in [1.807, 2.05) is 4.90 Å². The normalized spacial score (nSPS) is 21.5. The lowest BCUT2D eigenvalue weighted by Gasteiger charge is -2.35. The van der Waals surface area contributed by atoms with Gasteiger partial charge in [-0.25, -0.2) is 9.89 Å². The number of halogens is 2. The molecule has 2 aromatic rings. The summed E-state index contributed by atoms with van der Waals surface area (Å²) in [5.74, 6) is 0. The Morgan fingerprint density at radius 3 is 3.00 bits per heavy atom. The van der Waals surface area contributed by atoms with E-state index in [-0.39, 0.29) is 23.7 Å². The number of carbonyl (C=O) groups is 1. The second-order valence-electron chi connectivity index (χ2n) is 6.06. The first-order chi connectivity index (χ1) is 11.5. The van der Waals surface area contributed by atoms with Crippen molar-refractivity contribution < 1.29 is 4.79 Å². The fraction of sp³-hybridized carbons (Fsp3) is 0.312. The number of nitrogens with zero attached hydrogens (tertiary/aromatic N) is 2. The molecule has 124 valence electrons. The summed E-state index contributed by atoms with van der Waals surface area (Å²) in [5, 5.41) is 10.2. The first-order valence-corrected chi connectivity index (χ1v) is 8.83. The Morgan fingerprint density at radius 2 is 2.21 bits per heavy atom. The Morgan fingerprint density at radius 1 is 1.38 bits per heavy atom. The van der Waals surface area contributed by atoms with Gasteiger partial charge in [0.15, 0.2) is 0 Å². The zero-order valence-electron chi connectivity index (χ0n) is 12.6. The zero-order chi connectivity index (χ0) is 16.8. The van der Waals surface area contributed by atoms with E-state index in [2.05, 4.69) is 31.4 Å². The number of nitrogens with one attached hydrogen (secondary N) is 2. The topological polar surface area (TPSA) is 78.1 Å². The van der Waals surface area contributed by atoms with Crippen LogP contribution >= 0.6 is 27.5 Å². The van der Waals surface area contributed by atoms with Gasteiger partial charge < -0.3 is 10.2 Å². The molecule has 1 saturated heterocycles. The van der Waals surface area contributed by atoms with Gasteiger partial charge in [-0.2, -0.15) is 5.10 Å². The number of aromatic nitrogens is 2. The van der Waals surface area contributed by atoms with Gasteiger partial charge in [0.25, 0.3) is 5.56 Å². The van der Waals surface area contributed by atoms with Crippen LogP contribution < -0.4 is 10.9 Å². The molecule has 0 radical (unpaired) electrons. The molecule has 4 rings (SSSR count). The fourth-order valence-electron chi connectivity index (χ4n) is 3.58. The third kappa shape index (κ3) is 2.61. The number of benzene rings is 1. The van der Waals surface area contributed by atoms with E-state index < -0.39 is 0 Å². The van der Waals surface area contributed by atoms with Crippen molar-refractivity contribution >= 4 is 39.2 Å². The Kier molecular flexibility index (Phi) is 3.85. The summed E-state index contributed by atoms with van der Waals surface area (Å²) >= 11 is 9.34. The molecule has 1 aromatic heterocycles. The van der Waals surface area contributed by atoms with Crippen molar-refractivity contribution in [2.24, 2.45) is 0 Å². The lowest BCUT2D eigenvalue weighted by atomic mass is 9.99. The molecule has 2 aliphatic rings. The van der Waals surface area contributed by atoms with Crippen molar-refractivity contribution in [3.8, 4) is 0 Å². The zero-order valence-corrected chi connectivity index (χ0v) is 14.9. The van der Waals surface area contributed by atoms with Gasteiger partial charge in [-0.15, -0.1) is 0 Å². The standard InChI is InChI=1S/C16H14BrClN4O2/c17-11-7-9(1-3-12(11)18)19-16(24)22-10-2-4-13(22)15-8(5-10)6-14(23)20-21-15/h1,3,6-7,10,13H,2,4-5H2,(H,19,24)(H,20,23)/t10-,13+/m1/s1. The molecule has 6 nitrogen and oxygen atoms in total. The molecule has 2 N–H and O–H groups in total. The molecule has 2 amide bonds. The Hall–Kier alpha value is -1.86. The van der Waals surface area contributed by atoms with Crippen molar-refractivity contribution in [3.63, 3.8) is 0 Å². The highest BCUT2D eigenvalue weighted by Crippen LogP contribution is 2.42. The average molecular weight is 410 g/mol. The van der Waals surface area contributed by atoms with E-state index in [0.717, 1.165) is 28.6 Å². The first-order valence-electron chi connectivity index (χ1n) is 7.66. The predicted molar refractivity (Wildman–Crippen MR) is 94.3 cm³/mol. The van der Waals surface area contributed by atoms with Crippen LogP contribution in [0.1, 0.15) is 30.1 Å². The molecule has 1 aromatic carbocycles. The lowest BCUT2D eigenvalue weighted by molar-refractivity contribution is 0.177. The van der Waals surface area contributed by atoms with Crippen LogP contribution in [0.25, 0.3) is 0 Å². The molecule has 2 bridgehead atoms. The van der Waals surface area contributed by atoms with E-state index in [9.17, 15) is 9.59 Å². The third-order valence-corrected chi connectivity index (χ3v) is 5.81. The summed E-state index contributed by atoms with van der Waals surface area (Å²) in [7, 11) is 0. The Bertz CT molecular complexity index is 885. The van der Waals surface area contributed by atoms with Crippen LogP contribution in [0.4, 0.5) is 10.5 Å². The highest BCUT2D eigenvalue weighted by Gasteiger charge is 2.43. The second-order valence-corrected chi connectivity index (χ2v) is 7.32. The largest absolute Gasteiger partial charge is 0.322 e. The van der Waals surface area contributed by atoms with Crippen LogP contribution in [-0.4, -0.2) is 27.2 Å². The number of urea groups is 1. The molecule has 0 aliphatic carbocycles. The molecular weight excluding hydrogens is 396 g/mol. The number of hydrogen-bond donors (Lipinski definition) is 2. The summed E-state index contributed by atoms with van der Waals surface area (Å²) in [6.07, 6.45) is 2.43. The minimum absolute atomic E-state index is 0.0914. The fourth-order valence-corrected chi connectivity index (χ4v) is 4.07. The van der Waals surface area contributed by atoms with Crippen LogP contribution in [-0.2, 0) is 6.42 Å². The lowest BCUT2D eigenvalue weighted by Crippen LogP contribution is -2.45. The quantitative estimate of drug-likeness (QED) is 0.757. The van der Waals surface area contributed by atoms with Crippen LogP contribution in [0.2, 0.25) is 5.02 Å². The van der Waals surface area contributed by atoms with E-state index in [1.165, 1.54) is 0 Å². The number of carbonyl (C=O) groups excluding carboxylic acids is 1. The molecule has 0 saturated carbocycles. The van der Waals surface area contributed by atoms with Crippen molar-refractivity contribution in [3.05, 3.63) is 55.4 Å². The number of rotatable bonds is 1. The molecular formula is C16H14BrClN4O2. The summed E-state index contributed by atoms with van der Waals surface area (Å²) in [6, 6.07) is 6.71. The maximum atomic E-state index is 12.8. The van der Waals surface area contributed by atoms with Crippen LogP contribution in [0.3, 0.4) is 0 Å². The van der Waals surface area contributed by atoms with Crippen molar-refractivity contribution in [2.45, 2.75) is 31.3 Å². The summed E-state index contributed by atoms with van der Waals surface area (Å²) in [5.41, 5.74) is 2.23. The molecule has 24 heavy (non-hydrogen) atoms. The highest BCUT2D eigenvalue weighted by molar-refractivity contribution is 9.10. The number of aromatic amines is 1. The predicted octanol–water partition coefficient (Wildman–Crippen LogP) is 3.48. The van der Waals surface area contributed by atoms with Gasteiger partial charge in [0.05, 0.1) is 16.8 Å². The summed E-state index contributed by atoms with van der Waals surface area (Å²) in [4.78, 5) is 26.1. The van der Waals surface area contributed by atoms with Crippen LogP contribution in [0.15, 0.2) is 33.5 Å². The minimum atomic E-state index is -0.197. The van der Waals surface area contributed by atoms with Crippen molar-refractivity contribution in [1.29, 1.82) is 0 Å². The van der Waals surface area contributed by atoms with E-state index >= 15 is 0 Å². The number of H-pyrrole nitrogens is 1. The van der Waals surface area contributed by atoms with Crippen LogP contribution in [0, 0.1) is 0 Å². The van der Waals surface area contributed by atoms with E-state index in [4.69, 9.17) is 11.6 Å². The number of anilines is 1. The van der Waals surface area contributed by atoms with Crippen LogP contribution in [0.5, 0.6) is 0 Å². The molecule has 0 unspecified atom stereocenters. The summed E-state index contributed by atoms with van der Waals surface area (Å²) < 4.78 is 0.730. The SMILES string of the molecule is O=C(Nc1ccc(Cl)c(Br)c1)N1[C@@H]2CC[C@H]1c1n[nH]c(=O)cc1C2. The number of amides is 2. The summed E-state index contributed by atoms with van der Waals surface area (Å²) in [6.45, 7) is 0. The van der Waals surface area contributed by atoms with Gasteiger partial charge in [0, 0.05) is 22.3 Å². The molecule has 3 heterocycles. The molecule has 2 aliphatic heterocycles. The monoisotopic (exact) mass is 408 g/mol. The maximum Gasteiger partial charge on any atom is 0.322 e. The number of fused-ring (bicyclic) bond motifs is 4. The average Bonchev–Trinajstić information content (AvgIpc) is 2.86. The molecule has 1 fully saturated rings. The number of hydrogen-bond acceptors (Lipinski definition) is 3. The second kappa shape index (κ2) is 5.89. The van der Waals surface area contributed by atoms with Gasteiger partial charge in [-0.3, -0.25) is 4.79 Å². The Balaban J connectivity index is 1.60.